The monoisotopic (exact) mass is 312 g/mol. The molecule has 0 aromatic rings. The Kier molecular flexibility index (Phi) is 5.76. The number of esters is 2. The lowest BCUT2D eigenvalue weighted by Crippen LogP contribution is -2.45. The molecule has 2 aliphatic heterocycles. The minimum Gasteiger partial charge on any atom is -0.469 e. The molecular formula is C15H24N2O5. The summed E-state index contributed by atoms with van der Waals surface area (Å²) in [6, 6.07) is 0.0504. The van der Waals surface area contributed by atoms with Crippen molar-refractivity contribution in [2.45, 2.75) is 56.7 Å². The number of carbonyl (C=O) groups is 3. The maximum absolute atomic E-state index is 12.2. The average Bonchev–Trinajstić information content (AvgIpc) is 2.84. The lowest BCUT2D eigenvalue weighted by Gasteiger charge is -2.29. The first kappa shape index (κ1) is 16.7. The van der Waals surface area contributed by atoms with Gasteiger partial charge in [-0.1, -0.05) is 0 Å². The van der Waals surface area contributed by atoms with Gasteiger partial charge in [-0.15, -0.1) is 0 Å². The largest absolute Gasteiger partial charge is 0.469 e. The van der Waals surface area contributed by atoms with Gasteiger partial charge in [0.15, 0.2) is 0 Å². The van der Waals surface area contributed by atoms with Gasteiger partial charge in [0.2, 0.25) is 5.91 Å². The molecule has 124 valence electrons. The molecule has 0 aliphatic carbocycles. The molecule has 2 rings (SSSR count). The molecule has 1 amide bonds. The van der Waals surface area contributed by atoms with E-state index in [2.05, 4.69) is 20.1 Å². The van der Waals surface area contributed by atoms with Crippen LogP contribution >= 0.6 is 0 Å². The van der Waals surface area contributed by atoms with Crippen molar-refractivity contribution in [3.63, 3.8) is 0 Å². The average molecular weight is 312 g/mol. The van der Waals surface area contributed by atoms with Crippen LogP contribution in [0, 0.1) is 5.92 Å². The summed E-state index contributed by atoms with van der Waals surface area (Å²) >= 11 is 0. The van der Waals surface area contributed by atoms with Crippen LogP contribution in [0.25, 0.3) is 0 Å². The van der Waals surface area contributed by atoms with Crippen LogP contribution in [0.4, 0.5) is 0 Å². The summed E-state index contributed by atoms with van der Waals surface area (Å²) in [6.07, 6.45) is 4.50. The number of ether oxygens (including phenoxy) is 2. The number of hydrogen-bond donors (Lipinski definition) is 2. The van der Waals surface area contributed by atoms with E-state index >= 15 is 0 Å². The van der Waals surface area contributed by atoms with E-state index in [1.54, 1.807) is 0 Å². The zero-order valence-electron chi connectivity index (χ0n) is 13.1. The molecule has 2 bridgehead atoms. The van der Waals surface area contributed by atoms with E-state index in [9.17, 15) is 14.4 Å². The number of rotatable bonds is 6. The Bertz CT molecular complexity index is 428. The van der Waals surface area contributed by atoms with Crippen LogP contribution in [0.2, 0.25) is 0 Å². The molecule has 2 fully saturated rings. The first-order chi connectivity index (χ1) is 10.5. The second-order valence-electron chi connectivity index (χ2n) is 6.10. The van der Waals surface area contributed by atoms with Crippen LogP contribution in [0.5, 0.6) is 0 Å². The van der Waals surface area contributed by atoms with E-state index in [0.29, 0.717) is 24.4 Å². The number of carbonyl (C=O) groups excluding carboxylic acids is 3. The van der Waals surface area contributed by atoms with Crippen molar-refractivity contribution >= 4 is 17.8 Å². The third kappa shape index (κ3) is 4.43. The van der Waals surface area contributed by atoms with Crippen LogP contribution in [0.3, 0.4) is 0 Å². The van der Waals surface area contributed by atoms with Gasteiger partial charge in [-0.3, -0.25) is 9.59 Å². The topological polar surface area (TPSA) is 93.7 Å². The first-order valence-corrected chi connectivity index (χ1v) is 7.71. The maximum Gasteiger partial charge on any atom is 0.328 e. The van der Waals surface area contributed by atoms with Crippen LogP contribution in [0.1, 0.15) is 38.5 Å². The van der Waals surface area contributed by atoms with Gasteiger partial charge in [0.05, 0.1) is 20.6 Å². The van der Waals surface area contributed by atoms with Gasteiger partial charge in [-0.25, -0.2) is 4.79 Å². The SMILES string of the molecule is COC(=O)CC(NC(=O)CC1CC2CCC(C1)N2)C(=O)OC. The Morgan fingerprint density at radius 2 is 1.77 bits per heavy atom. The molecule has 0 spiro atoms. The smallest absolute Gasteiger partial charge is 0.328 e. The fraction of sp³-hybridized carbons (Fsp3) is 0.800. The highest BCUT2D eigenvalue weighted by Gasteiger charge is 2.35. The highest BCUT2D eigenvalue weighted by atomic mass is 16.5. The van der Waals surface area contributed by atoms with E-state index in [4.69, 9.17) is 0 Å². The van der Waals surface area contributed by atoms with E-state index in [1.807, 2.05) is 0 Å². The van der Waals surface area contributed by atoms with Gasteiger partial charge in [0.25, 0.3) is 0 Å². The Hall–Kier alpha value is -1.63. The number of methoxy groups -OCH3 is 2. The Balaban J connectivity index is 1.84. The molecule has 3 atom stereocenters. The van der Waals surface area contributed by atoms with Crippen LogP contribution < -0.4 is 10.6 Å². The molecule has 22 heavy (non-hydrogen) atoms. The molecule has 2 aliphatic rings. The van der Waals surface area contributed by atoms with Crippen LogP contribution in [-0.4, -0.2) is 50.2 Å². The Morgan fingerprint density at radius 3 is 2.32 bits per heavy atom. The van der Waals surface area contributed by atoms with E-state index in [-0.39, 0.29) is 12.3 Å². The number of amides is 1. The zero-order chi connectivity index (χ0) is 16.1. The predicted octanol–water partition coefficient (Wildman–Crippen LogP) is 0.128. The standard InChI is InChI=1S/C15H24N2O5/c1-21-14(19)8-12(15(20)22-2)17-13(18)7-9-5-10-3-4-11(6-9)16-10/h9-12,16H,3-8H2,1-2H3,(H,17,18). The second kappa shape index (κ2) is 7.58. The predicted molar refractivity (Wildman–Crippen MR) is 77.9 cm³/mol. The van der Waals surface area contributed by atoms with Gasteiger partial charge in [-0.05, 0) is 31.6 Å². The van der Waals surface area contributed by atoms with Crippen molar-refractivity contribution in [1.29, 1.82) is 0 Å². The molecule has 0 radical (unpaired) electrons. The number of piperidine rings is 1. The zero-order valence-corrected chi connectivity index (χ0v) is 13.1. The number of hydrogen-bond acceptors (Lipinski definition) is 6. The molecule has 7 heteroatoms. The molecule has 3 unspecified atom stereocenters. The van der Waals surface area contributed by atoms with Crippen molar-refractivity contribution in [2.75, 3.05) is 14.2 Å². The summed E-state index contributed by atoms with van der Waals surface area (Å²) in [5, 5.41) is 6.12. The third-order valence-electron chi connectivity index (χ3n) is 4.46. The summed E-state index contributed by atoms with van der Waals surface area (Å²) in [4.78, 5) is 35.1. The summed E-state index contributed by atoms with van der Waals surface area (Å²) in [7, 11) is 2.46. The van der Waals surface area contributed by atoms with Gasteiger partial charge >= 0.3 is 11.9 Å². The molecular weight excluding hydrogens is 288 g/mol. The summed E-state index contributed by atoms with van der Waals surface area (Å²) in [6.45, 7) is 0. The highest BCUT2D eigenvalue weighted by molar-refractivity contribution is 5.88. The summed E-state index contributed by atoms with van der Waals surface area (Å²) in [5.41, 5.74) is 0. The van der Waals surface area contributed by atoms with Crippen molar-refractivity contribution < 1.29 is 23.9 Å². The lowest BCUT2D eigenvalue weighted by molar-refractivity contribution is -0.150. The fourth-order valence-corrected chi connectivity index (χ4v) is 3.44. The van der Waals surface area contributed by atoms with Crippen molar-refractivity contribution in [3.05, 3.63) is 0 Å². The summed E-state index contributed by atoms with van der Waals surface area (Å²) < 4.78 is 9.16. The number of fused-ring (bicyclic) bond motifs is 2. The second-order valence-corrected chi connectivity index (χ2v) is 6.10. The molecule has 0 aromatic carbocycles. The molecule has 0 aromatic heterocycles. The molecule has 2 heterocycles. The van der Waals surface area contributed by atoms with Gasteiger partial charge in [0.1, 0.15) is 6.04 Å². The minimum absolute atomic E-state index is 0.216. The maximum atomic E-state index is 12.2. The molecule has 2 saturated heterocycles. The van der Waals surface area contributed by atoms with E-state index < -0.39 is 18.0 Å². The van der Waals surface area contributed by atoms with Crippen molar-refractivity contribution in [1.82, 2.24) is 10.6 Å². The number of nitrogens with one attached hydrogen (secondary N) is 2. The Morgan fingerprint density at radius 1 is 1.14 bits per heavy atom. The quantitative estimate of drug-likeness (QED) is 0.677. The first-order valence-electron chi connectivity index (χ1n) is 7.71. The molecule has 2 N–H and O–H groups in total. The van der Waals surface area contributed by atoms with Gasteiger partial charge < -0.3 is 20.1 Å². The lowest BCUT2D eigenvalue weighted by atomic mass is 9.89. The van der Waals surface area contributed by atoms with E-state index in [0.717, 1.165) is 12.8 Å². The normalized spacial score (nSPS) is 27.8. The van der Waals surface area contributed by atoms with Gasteiger partial charge in [0, 0.05) is 18.5 Å². The van der Waals surface area contributed by atoms with Crippen LogP contribution in [0.15, 0.2) is 0 Å². The molecule has 7 nitrogen and oxygen atoms in total. The van der Waals surface area contributed by atoms with Crippen molar-refractivity contribution in [2.24, 2.45) is 5.92 Å². The van der Waals surface area contributed by atoms with Crippen LogP contribution in [-0.2, 0) is 23.9 Å². The fourth-order valence-electron chi connectivity index (χ4n) is 3.44. The van der Waals surface area contributed by atoms with E-state index in [1.165, 1.54) is 27.1 Å². The molecule has 0 saturated carbocycles. The summed E-state index contributed by atoms with van der Waals surface area (Å²) in [5.74, 6) is -1.08. The minimum atomic E-state index is -0.983. The van der Waals surface area contributed by atoms with Crippen molar-refractivity contribution in [3.8, 4) is 0 Å². The highest BCUT2D eigenvalue weighted by Crippen LogP contribution is 2.32. The third-order valence-corrected chi connectivity index (χ3v) is 4.46. The van der Waals surface area contributed by atoms with Gasteiger partial charge in [-0.2, -0.15) is 0 Å². The Labute approximate surface area is 130 Å².